The first kappa shape index (κ1) is 10.2. The number of aromatic nitrogens is 3. The van der Waals surface area contributed by atoms with Gasteiger partial charge in [0.2, 0.25) is 0 Å². The van der Waals surface area contributed by atoms with Gasteiger partial charge in [0.15, 0.2) is 5.82 Å². The minimum absolute atomic E-state index is 0.0840. The van der Waals surface area contributed by atoms with E-state index in [2.05, 4.69) is 10.2 Å². The van der Waals surface area contributed by atoms with E-state index in [0.717, 1.165) is 25.0 Å². The summed E-state index contributed by atoms with van der Waals surface area (Å²) in [6, 6.07) is 3.31. The molecule has 88 valence electrons. The predicted molar refractivity (Wildman–Crippen MR) is 56.5 cm³/mol. The van der Waals surface area contributed by atoms with Crippen LogP contribution in [-0.2, 0) is 0 Å². The van der Waals surface area contributed by atoms with Crippen molar-refractivity contribution in [3.63, 3.8) is 0 Å². The fourth-order valence-corrected chi connectivity index (χ4v) is 1.84. The molecule has 0 aliphatic heterocycles. The van der Waals surface area contributed by atoms with Gasteiger partial charge in [-0.2, -0.15) is 5.10 Å². The highest BCUT2D eigenvalue weighted by Gasteiger charge is 2.29. The summed E-state index contributed by atoms with van der Waals surface area (Å²) in [6.45, 7) is 0. The summed E-state index contributed by atoms with van der Waals surface area (Å²) < 4.78 is 27.8. The fourth-order valence-electron chi connectivity index (χ4n) is 1.84. The third kappa shape index (κ3) is 1.65. The van der Waals surface area contributed by atoms with Crippen molar-refractivity contribution >= 4 is 0 Å². The first-order chi connectivity index (χ1) is 8.16. The molecule has 0 saturated heterocycles. The highest BCUT2D eigenvalue weighted by Crippen LogP contribution is 2.36. The molecule has 0 bridgehead atoms. The van der Waals surface area contributed by atoms with Crippen molar-refractivity contribution in [3.05, 3.63) is 40.3 Å². The molecule has 3 rings (SSSR count). The lowest BCUT2D eigenvalue weighted by molar-refractivity contribution is 0.583. The van der Waals surface area contributed by atoms with Crippen LogP contribution < -0.4 is 5.69 Å². The molecular formula is C11H9F2N3O. The zero-order chi connectivity index (χ0) is 12.0. The first-order valence-electron chi connectivity index (χ1n) is 5.29. The molecule has 1 aliphatic carbocycles. The van der Waals surface area contributed by atoms with Crippen LogP contribution in [0.1, 0.15) is 18.9 Å². The van der Waals surface area contributed by atoms with Gasteiger partial charge in [0, 0.05) is 12.1 Å². The maximum absolute atomic E-state index is 13.6. The number of rotatable bonds is 2. The smallest absolute Gasteiger partial charge is 0.272 e. The fraction of sp³-hybridized carbons (Fsp3) is 0.273. The Morgan fingerprint density at radius 3 is 2.76 bits per heavy atom. The molecular weight excluding hydrogens is 228 g/mol. The number of nitrogens with one attached hydrogen (secondary N) is 1. The van der Waals surface area contributed by atoms with Crippen LogP contribution in [0.25, 0.3) is 11.4 Å². The van der Waals surface area contributed by atoms with Gasteiger partial charge >= 0.3 is 5.69 Å². The molecule has 1 aliphatic rings. The predicted octanol–water partition coefficient (Wildman–Crippen LogP) is 1.85. The zero-order valence-corrected chi connectivity index (χ0v) is 8.78. The van der Waals surface area contributed by atoms with E-state index in [1.165, 1.54) is 10.6 Å². The van der Waals surface area contributed by atoms with E-state index in [-0.39, 0.29) is 23.1 Å². The summed E-state index contributed by atoms with van der Waals surface area (Å²) in [6.07, 6.45) is 1.77. The molecule has 1 saturated carbocycles. The maximum atomic E-state index is 13.6. The third-order valence-electron chi connectivity index (χ3n) is 2.79. The topological polar surface area (TPSA) is 50.7 Å². The van der Waals surface area contributed by atoms with Crippen LogP contribution >= 0.6 is 0 Å². The standard InChI is InChI=1S/C11H9F2N3O/c12-6-1-4-8(9(13)5-6)10-14-15-11(17)16(10)7-2-3-7/h1,4-5,7H,2-3H2,(H,15,17). The van der Waals surface area contributed by atoms with E-state index < -0.39 is 11.6 Å². The Kier molecular flexibility index (Phi) is 2.10. The van der Waals surface area contributed by atoms with Gasteiger partial charge in [0.25, 0.3) is 0 Å². The highest BCUT2D eigenvalue weighted by atomic mass is 19.1. The molecule has 4 nitrogen and oxygen atoms in total. The second-order valence-electron chi connectivity index (χ2n) is 4.08. The van der Waals surface area contributed by atoms with Gasteiger partial charge in [-0.05, 0) is 25.0 Å². The maximum Gasteiger partial charge on any atom is 0.343 e. The third-order valence-corrected chi connectivity index (χ3v) is 2.79. The molecule has 1 aromatic carbocycles. The molecule has 0 radical (unpaired) electrons. The van der Waals surface area contributed by atoms with Crippen LogP contribution in [0, 0.1) is 11.6 Å². The van der Waals surface area contributed by atoms with Gasteiger partial charge in [-0.15, -0.1) is 0 Å². The number of benzene rings is 1. The van der Waals surface area contributed by atoms with Gasteiger partial charge in [-0.3, -0.25) is 4.57 Å². The molecule has 1 aromatic heterocycles. The quantitative estimate of drug-likeness (QED) is 0.866. The van der Waals surface area contributed by atoms with Gasteiger partial charge in [0.1, 0.15) is 11.6 Å². The Labute approximate surface area is 94.9 Å². The first-order valence-corrected chi connectivity index (χ1v) is 5.29. The van der Waals surface area contributed by atoms with Crippen molar-refractivity contribution in [1.82, 2.24) is 14.8 Å². The molecule has 17 heavy (non-hydrogen) atoms. The minimum Gasteiger partial charge on any atom is -0.272 e. The molecule has 0 amide bonds. The Bertz CT molecular complexity index is 628. The number of nitrogens with zero attached hydrogens (tertiary/aromatic N) is 2. The molecule has 1 heterocycles. The summed E-state index contributed by atoms with van der Waals surface area (Å²) in [5, 5.41) is 6.10. The molecule has 0 spiro atoms. The number of halogens is 2. The Morgan fingerprint density at radius 2 is 2.12 bits per heavy atom. The van der Waals surface area contributed by atoms with Crippen LogP contribution in [0.4, 0.5) is 8.78 Å². The molecule has 1 fully saturated rings. The van der Waals surface area contributed by atoms with Gasteiger partial charge in [-0.1, -0.05) is 0 Å². The van der Waals surface area contributed by atoms with Crippen molar-refractivity contribution in [2.45, 2.75) is 18.9 Å². The minimum atomic E-state index is -0.717. The summed E-state index contributed by atoms with van der Waals surface area (Å²) >= 11 is 0. The van der Waals surface area contributed by atoms with E-state index in [1.807, 2.05) is 0 Å². The molecule has 6 heteroatoms. The van der Waals surface area contributed by atoms with Crippen molar-refractivity contribution < 1.29 is 8.78 Å². The number of aromatic amines is 1. The molecule has 0 unspecified atom stereocenters. The molecule has 0 atom stereocenters. The lowest BCUT2D eigenvalue weighted by atomic mass is 10.2. The molecule has 2 aromatic rings. The van der Waals surface area contributed by atoms with E-state index in [9.17, 15) is 13.6 Å². The van der Waals surface area contributed by atoms with Crippen LogP contribution in [0.15, 0.2) is 23.0 Å². The Hall–Kier alpha value is -1.98. The second kappa shape index (κ2) is 3.51. The monoisotopic (exact) mass is 237 g/mol. The Balaban J connectivity index is 2.18. The van der Waals surface area contributed by atoms with E-state index in [4.69, 9.17) is 0 Å². The van der Waals surface area contributed by atoms with Crippen molar-refractivity contribution in [2.75, 3.05) is 0 Å². The largest absolute Gasteiger partial charge is 0.343 e. The zero-order valence-electron chi connectivity index (χ0n) is 8.78. The van der Waals surface area contributed by atoms with E-state index >= 15 is 0 Å². The summed E-state index contributed by atoms with van der Waals surface area (Å²) in [7, 11) is 0. The summed E-state index contributed by atoms with van der Waals surface area (Å²) in [4.78, 5) is 11.5. The van der Waals surface area contributed by atoms with Crippen LogP contribution in [0.2, 0.25) is 0 Å². The Morgan fingerprint density at radius 1 is 1.35 bits per heavy atom. The molecule has 1 N–H and O–H groups in total. The lowest BCUT2D eigenvalue weighted by Gasteiger charge is -2.04. The van der Waals surface area contributed by atoms with Gasteiger partial charge in [0.05, 0.1) is 5.56 Å². The average molecular weight is 237 g/mol. The van der Waals surface area contributed by atoms with Crippen LogP contribution in [0.3, 0.4) is 0 Å². The number of hydrogen-bond donors (Lipinski definition) is 1. The van der Waals surface area contributed by atoms with Gasteiger partial charge < -0.3 is 0 Å². The van der Waals surface area contributed by atoms with Crippen molar-refractivity contribution in [3.8, 4) is 11.4 Å². The average Bonchev–Trinajstić information content (AvgIpc) is 3.03. The van der Waals surface area contributed by atoms with Crippen LogP contribution in [-0.4, -0.2) is 14.8 Å². The van der Waals surface area contributed by atoms with E-state index in [1.54, 1.807) is 0 Å². The summed E-state index contributed by atoms with van der Waals surface area (Å²) in [5.74, 6) is -1.14. The summed E-state index contributed by atoms with van der Waals surface area (Å²) in [5.41, 5.74) is -0.220. The van der Waals surface area contributed by atoms with Crippen molar-refractivity contribution in [2.24, 2.45) is 0 Å². The van der Waals surface area contributed by atoms with Crippen LogP contribution in [0.5, 0.6) is 0 Å². The highest BCUT2D eigenvalue weighted by molar-refractivity contribution is 5.56. The lowest BCUT2D eigenvalue weighted by Crippen LogP contribution is -2.16. The van der Waals surface area contributed by atoms with Crippen molar-refractivity contribution in [1.29, 1.82) is 0 Å². The van der Waals surface area contributed by atoms with E-state index in [0.29, 0.717) is 0 Å². The number of H-pyrrole nitrogens is 1. The number of hydrogen-bond acceptors (Lipinski definition) is 2. The van der Waals surface area contributed by atoms with Gasteiger partial charge in [-0.25, -0.2) is 18.7 Å². The normalized spacial score (nSPS) is 15.2. The second-order valence-corrected chi connectivity index (χ2v) is 4.08. The SMILES string of the molecule is O=c1[nH]nc(-c2ccc(F)cc2F)n1C1CC1.